The Balaban J connectivity index is 2.76. The van der Waals surface area contributed by atoms with Crippen LogP contribution in [0.15, 0.2) is 16.7 Å². The van der Waals surface area contributed by atoms with E-state index in [0.29, 0.717) is 24.3 Å². The number of amides is 1. The average molecular weight is 253 g/mol. The molecule has 0 aromatic carbocycles. The number of carboxylic acids is 1. The van der Waals surface area contributed by atoms with Crippen molar-refractivity contribution in [2.45, 2.75) is 33.1 Å². The second kappa shape index (κ2) is 6.83. The molecule has 0 saturated heterocycles. The Bertz CT molecular complexity index is 411. The van der Waals surface area contributed by atoms with Crippen LogP contribution in [-0.2, 0) is 11.2 Å². The molecule has 18 heavy (non-hydrogen) atoms. The van der Waals surface area contributed by atoms with E-state index in [1.54, 1.807) is 6.07 Å². The molecule has 1 heterocycles. The van der Waals surface area contributed by atoms with E-state index >= 15 is 0 Å². The summed E-state index contributed by atoms with van der Waals surface area (Å²) < 4.78 is 5.28. The van der Waals surface area contributed by atoms with Crippen LogP contribution in [0.2, 0.25) is 0 Å². The molecule has 0 spiro atoms. The van der Waals surface area contributed by atoms with Crippen molar-refractivity contribution in [3.8, 4) is 0 Å². The van der Waals surface area contributed by atoms with E-state index < -0.39 is 5.97 Å². The van der Waals surface area contributed by atoms with Gasteiger partial charge in [0, 0.05) is 19.5 Å². The zero-order chi connectivity index (χ0) is 13.5. The Morgan fingerprint density at radius 1 is 1.39 bits per heavy atom. The molecular formula is C13H19NO4. The van der Waals surface area contributed by atoms with Crippen molar-refractivity contribution >= 4 is 11.9 Å². The monoisotopic (exact) mass is 253 g/mol. The molecule has 5 heteroatoms. The van der Waals surface area contributed by atoms with E-state index in [2.05, 4.69) is 0 Å². The number of aryl methyl sites for hydroxylation is 1. The van der Waals surface area contributed by atoms with Gasteiger partial charge in [-0.3, -0.25) is 9.59 Å². The Kier molecular flexibility index (Phi) is 5.42. The van der Waals surface area contributed by atoms with E-state index in [-0.39, 0.29) is 18.9 Å². The maximum atomic E-state index is 12.2. The van der Waals surface area contributed by atoms with Gasteiger partial charge in [0.15, 0.2) is 0 Å². The van der Waals surface area contributed by atoms with Crippen LogP contribution in [-0.4, -0.2) is 35.0 Å². The molecule has 1 aromatic heterocycles. The van der Waals surface area contributed by atoms with Crippen LogP contribution in [0.1, 0.15) is 42.8 Å². The lowest BCUT2D eigenvalue weighted by molar-refractivity contribution is -0.137. The largest absolute Gasteiger partial charge is 0.481 e. The minimum Gasteiger partial charge on any atom is -0.481 e. The van der Waals surface area contributed by atoms with Gasteiger partial charge in [0.25, 0.3) is 5.91 Å². The summed E-state index contributed by atoms with van der Waals surface area (Å²) in [4.78, 5) is 24.3. The predicted molar refractivity (Wildman–Crippen MR) is 66.5 cm³/mol. The maximum Gasteiger partial charge on any atom is 0.305 e. The summed E-state index contributed by atoms with van der Waals surface area (Å²) in [7, 11) is 0. The third kappa shape index (κ3) is 3.61. The van der Waals surface area contributed by atoms with Crippen molar-refractivity contribution in [3.63, 3.8) is 0 Å². The van der Waals surface area contributed by atoms with Gasteiger partial charge in [-0.05, 0) is 19.4 Å². The number of aliphatic carboxylic acids is 1. The zero-order valence-corrected chi connectivity index (χ0v) is 10.8. The first-order valence-corrected chi connectivity index (χ1v) is 6.17. The highest BCUT2D eigenvalue weighted by molar-refractivity contribution is 5.95. The minimum atomic E-state index is -0.901. The molecule has 0 radical (unpaired) electrons. The molecule has 0 unspecified atom stereocenters. The summed E-state index contributed by atoms with van der Waals surface area (Å²) in [5, 5.41) is 8.65. The van der Waals surface area contributed by atoms with E-state index in [1.165, 1.54) is 11.2 Å². The van der Waals surface area contributed by atoms with E-state index in [1.807, 2.05) is 13.8 Å². The van der Waals surface area contributed by atoms with E-state index in [4.69, 9.17) is 9.52 Å². The lowest BCUT2D eigenvalue weighted by atomic mass is 10.1. The minimum absolute atomic E-state index is 0.0411. The van der Waals surface area contributed by atoms with Gasteiger partial charge < -0.3 is 14.4 Å². The van der Waals surface area contributed by atoms with Gasteiger partial charge in [0.2, 0.25) is 0 Å². The van der Waals surface area contributed by atoms with Gasteiger partial charge in [-0.2, -0.15) is 0 Å². The Morgan fingerprint density at radius 2 is 2.11 bits per heavy atom. The predicted octanol–water partition coefficient (Wildman–Crippen LogP) is 2.17. The smallest absolute Gasteiger partial charge is 0.305 e. The van der Waals surface area contributed by atoms with Gasteiger partial charge in [-0.25, -0.2) is 0 Å². The average Bonchev–Trinajstić information content (AvgIpc) is 2.78. The van der Waals surface area contributed by atoms with Crippen molar-refractivity contribution in [3.05, 3.63) is 23.7 Å². The lowest BCUT2D eigenvalue weighted by Crippen LogP contribution is -2.33. The Hall–Kier alpha value is -1.78. The molecule has 0 aliphatic heterocycles. The Morgan fingerprint density at radius 3 is 2.67 bits per heavy atom. The fraction of sp³-hybridized carbons (Fsp3) is 0.538. The molecule has 0 fully saturated rings. The van der Waals surface area contributed by atoms with Crippen molar-refractivity contribution in [1.29, 1.82) is 0 Å². The molecule has 1 rings (SSSR count). The SMILES string of the molecule is CCCc1occc1C(=O)N(CC)CCC(=O)O. The number of rotatable bonds is 7. The van der Waals surface area contributed by atoms with Crippen molar-refractivity contribution in [2.24, 2.45) is 0 Å². The van der Waals surface area contributed by atoms with Gasteiger partial charge >= 0.3 is 5.97 Å². The third-order valence-electron chi connectivity index (χ3n) is 2.72. The van der Waals surface area contributed by atoms with Crippen molar-refractivity contribution < 1.29 is 19.1 Å². The summed E-state index contributed by atoms with van der Waals surface area (Å²) in [6, 6.07) is 1.65. The topological polar surface area (TPSA) is 70.8 Å². The quantitative estimate of drug-likeness (QED) is 0.808. The summed E-state index contributed by atoms with van der Waals surface area (Å²) in [6.07, 6.45) is 3.07. The first kappa shape index (κ1) is 14.3. The van der Waals surface area contributed by atoms with Crippen molar-refractivity contribution in [1.82, 2.24) is 4.90 Å². The van der Waals surface area contributed by atoms with Crippen LogP contribution in [0.4, 0.5) is 0 Å². The number of nitrogens with zero attached hydrogens (tertiary/aromatic N) is 1. The molecule has 1 aromatic rings. The van der Waals surface area contributed by atoms with Crippen LogP contribution in [0.5, 0.6) is 0 Å². The van der Waals surface area contributed by atoms with Crippen LogP contribution in [0, 0.1) is 0 Å². The highest BCUT2D eigenvalue weighted by Gasteiger charge is 2.19. The number of carboxylic acid groups (broad SMARTS) is 1. The molecule has 1 amide bonds. The number of hydrogen-bond acceptors (Lipinski definition) is 3. The number of hydrogen-bond donors (Lipinski definition) is 1. The molecule has 0 atom stereocenters. The van der Waals surface area contributed by atoms with Crippen LogP contribution < -0.4 is 0 Å². The van der Waals surface area contributed by atoms with Crippen LogP contribution in [0.25, 0.3) is 0 Å². The standard InChI is InChI=1S/C13H19NO4/c1-3-5-11-10(7-9-18-11)13(17)14(4-2)8-6-12(15)16/h7,9H,3-6,8H2,1-2H3,(H,15,16). The van der Waals surface area contributed by atoms with Gasteiger partial charge in [0.05, 0.1) is 18.2 Å². The van der Waals surface area contributed by atoms with Crippen LogP contribution in [0.3, 0.4) is 0 Å². The highest BCUT2D eigenvalue weighted by atomic mass is 16.4. The van der Waals surface area contributed by atoms with E-state index in [9.17, 15) is 9.59 Å². The second-order valence-corrected chi connectivity index (χ2v) is 4.04. The third-order valence-corrected chi connectivity index (χ3v) is 2.72. The summed E-state index contributed by atoms with van der Waals surface area (Å²) in [5.41, 5.74) is 0.545. The van der Waals surface area contributed by atoms with Crippen LogP contribution >= 0.6 is 0 Å². The molecule has 0 aliphatic carbocycles. The number of carbonyl (C=O) groups is 2. The van der Waals surface area contributed by atoms with E-state index in [0.717, 1.165) is 6.42 Å². The fourth-order valence-electron chi connectivity index (χ4n) is 1.76. The summed E-state index contributed by atoms with van der Waals surface area (Å²) in [6.45, 7) is 4.56. The first-order chi connectivity index (χ1) is 8.60. The normalized spacial score (nSPS) is 10.3. The molecule has 0 aliphatic rings. The summed E-state index contributed by atoms with van der Waals surface area (Å²) in [5.74, 6) is -0.380. The Labute approximate surface area is 106 Å². The second-order valence-electron chi connectivity index (χ2n) is 4.04. The van der Waals surface area contributed by atoms with Gasteiger partial charge in [-0.1, -0.05) is 6.92 Å². The number of furan rings is 1. The zero-order valence-electron chi connectivity index (χ0n) is 10.8. The highest BCUT2D eigenvalue weighted by Crippen LogP contribution is 2.15. The lowest BCUT2D eigenvalue weighted by Gasteiger charge is -2.19. The van der Waals surface area contributed by atoms with Crippen molar-refractivity contribution in [2.75, 3.05) is 13.1 Å². The first-order valence-electron chi connectivity index (χ1n) is 6.17. The maximum absolute atomic E-state index is 12.2. The molecular weight excluding hydrogens is 234 g/mol. The molecule has 1 N–H and O–H groups in total. The number of carbonyl (C=O) groups excluding carboxylic acids is 1. The summed E-state index contributed by atoms with van der Waals surface area (Å²) >= 11 is 0. The fourth-order valence-corrected chi connectivity index (χ4v) is 1.76. The molecule has 5 nitrogen and oxygen atoms in total. The molecule has 0 bridgehead atoms. The van der Waals surface area contributed by atoms with Gasteiger partial charge in [0.1, 0.15) is 5.76 Å². The van der Waals surface area contributed by atoms with Gasteiger partial charge in [-0.15, -0.1) is 0 Å². The molecule has 100 valence electrons. The molecule has 0 saturated carbocycles.